The molecule has 1 aliphatic rings. The molecular formula is C28H31N3O2. The van der Waals surface area contributed by atoms with Crippen LogP contribution in [0.15, 0.2) is 78.9 Å². The van der Waals surface area contributed by atoms with Gasteiger partial charge in [0.25, 0.3) is 0 Å². The van der Waals surface area contributed by atoms with Crippen LogP contribution < -0.4 is 5.32 Å². The second kappa shape index (κ2) is 10.5. The third kappa shape index (κ3) is 5.15. The van der Waals surface area contributed by atoms with Crippen molar-refractivity contribution in [3.05, 3.63) is 101 Å². The Balaban J connectivity index is 1.44. The van der Waals surface area contributed by atoms with E-state index in [1.165, 1.54) is 11.1 Å². The summed E-state index contributed by atoms with van der Waals surface area (Å²) in [5.74, 6) is -1.02. The van der Waals surface area contributed by atoms with E-state index in [9.17, 15) is 9.59 Å². The van der Waals surface area contributed by atoms with Crippen molar-refractivity contribution in [2.24, 2.45) is 0 Å². The second-order valence-electron chi connectivity index (χ2n) is 8.47. The van der Waals surface area contributed by atoms with E-state index in [-0.39, 0.29) is 6.04 Å². The van der Waals surface area contributed by atoms with Gasteiger partial charge in [0.1, 0.15) is 0 Å². The molecule has 1 fully saturated rings. The number of anilines is 1. The molecule has 4 rings (SSSR count). The number of nitrogens with zero attached hydrogens (tertiary/aromatic N) is 2. The van der Waals surface area contributed by atoms with E-state index in [1.54, 1.807) is 4.90 Å². The fraction of sp³-hybridized carbons (Fsp3) is 0.286. The predicted molar refractivity (Wildman–Crippen MR) is 132 cm³/mol. The molecule has 0 saturated carbocycles. The number of carbonyl (C=O) groups is 2. The van der Waals surface area contributed by atoms with Crippen LogP contribution in [-0.2, 0) is 16.0 Å². The quantitative estimate of drug-likeness (QED) is 0.596. The largest absolute Gasteiger partial charge is 0.332 e. The van der Waals surface area contributed by atoms with Crippen LogP contribution in [0.4, 0.5) is 5.69 Å². The summed E-state index contributed by atoms with van der Waals surface area (Å²) < 4.78 is 0. The number of piperazine rings is 1. The molecule has 0 bridgehead atoms. The fourth-order valence-electron chi connectivity index (χ4n) is 4.58. The topological polar surface area (TPSA) is 52.7 Å². The Morgan fingerprint density at radius 2 is 1.39 bits per heavy atom. The smallest absolute Gasteiger partial charge is 0.313 e. The molecule has 0 aromatic heterocycles. The number of benzene rings is 3. The lowest BCUT2D eigenvalue weighted by atomic mass is 9.96. The second-order valence-corrected chi connectivity index (χ2v) is 8.47. The van der Waals surface area contributed by atoms with Crippen LogP contribution in [0.5, 0.6) is 0 Å². The van der Waals surface area contributed by atoms with Crippen LogP contribution in [0.25, 0.3) is 0 Å². The van der Waals surface area contributed by atoms with Crippen molar-refractivity contribution in [1.82, 2.24) is 9.80 Å². The summed E-state index contributed by atoms with van der Waals surface area (Å²) in [4.78, 5) is 29.8. The summed E-state index contributed by atoms with van der Waals surface area (Å²) in [5.41, 5.74) is 5.22. The van der Waals surface area contributed by atoms with Gasteiger partial charge in [-0.25, -0.2) is 0 Å². The van der Waals surface area contributed by atoms with E-state index in [0.717, 1.165) is 23.2 Å². The maximum absolute atomic E-state index is 12.9. The van der Waals surface area contributed by atoms with Crippen LogP contribution in [-0.4, -0.2) is 47.8 Å². The average molecular weight is 442 g/mol. The summed E-state index contributed by atoms with van der Waals surface area (Å²) in [6.07, 6.45) is 0.796. The van der Waals surface area contributed by atoms with Crippen molar-refractivity contribution >= 4 is 17.5 Å². The Morgan fingerprint density at radius 3 is 1.94 bits per heavy atom. The lowest BCUT2D eigenvalue weighted by Gasteiger charge is -2.39. The summed E-state index contributed by atoms with van der Waals surface area (Å²) in [7, 11) is 0. The predicted octanol–water partition coefficient (Wildman–Crippen LogP) is 4.43. The van der Waals surface area contributed by atoms with Gasteiger partial charge in [0.2, 0.25) is 0 Å². The van der Waals surface area contributed by atoms with Crippen molar-refractivity contribution in [2.75, 3.05) is 31.5 Å². The number of nitrogens with one attached hydrogen (secondary N) is 1. The monoisotopic (exact) mass is 441 g/mol. The molecule has 5 nitrogen and oxygen atoms in total. The van der Waals surface area contributed by atoms with Gasteiger partial charge in [-0.05, 0) is 35.6 Å². The number of rotatable bonds is 5. The molecule has 3 aromatic carbocycles. The highest BCUT2D eigenvalue weighted by molar-refractivity contribution is 6.39. The number of carbonyl (C=O) groups excluding carboxylic acids is 2. The summed E-state index contributed by atoms with van der Waals surface area (Å²) in [6, 6.07) is 26.9. The van der Waals surface area contributed by atoms with Gasteiger partial charge >= 0.3 is 11.8 Å². The number of hydrogen-bond donors (Lipinski definition) is 1. The van der Waals surface area contributed by atoms with Crippen LogP contribution >= 0.6 is 0 Å². The zero-order valence-electron chi connectivity index (χ0n) is 19.3. The fourth-order valence-corrected chi connectivity index (χ4v) is 4.58. The van der Waals surface area contributed by atoms with E-state index in [2.05, 4.69) is 58.7 Å². The average Bonchev–Trinajstić information content (AvgIpc) is 2.86. The van der Waals surface area contributed by atoms with Gasteiger partial charge in [0.05, 0.1) is 6.04 Å². The van der Waals surface area contributed by atoms with Gasteiger partial charge in [0, 0.05) is 31.9 Å². The van der Waals surface area contributed by atoms with Crippen molar-refractivity contribution in [3.8, 4) is 0 Å². The maximum atomic E-state index is 12.9. The molecule has 2 amide bonds. The minimum atomic E-state index is -0.560. The number of aryl methyl sites for hydroxylation is 2. The Labute approximate surface area is 196 Å². The molecule has 1 aliphatic heterocycles. The first-order valence-corrected chi connectivity index (χ1v) is 11.6. The molecule has 1 N–H and O–H groups in total. The molecule has 0 aliphatic carbocycles. The van der Waals surface area contributed by atoms with E-state index < -0.39 is 11.8 Å². The van der Waals surface area contributed by atoms with E-state index in [1.807, 2.05) is 44.2 Å². The van der Waals surface area contributed by atoms with Crippen LogP contribution in [0, 0.1) is 6.92 Å². The van der Waals surface area contributed by atoms with Gasteiger partial charge in [-0.15, -0.1) is 0 Å². The van der Waals surface area contributed by atoms with Crippen LogP contribution in [0.1, 0.15) is 35.2 Å². The van der Waals surface area contributed by atoms with Crippen LogP contribution in [0.2, 0.25) is 0 Å². The minimum absolute atomic E-state index is 0.123. The van der Waals surface area contributed by atoms with Crippen molar-refractivity contribution in [3.63, 3.8) is 0 Å². The van der Waals surface area contributed by atoms with Crippen molar-refractivity contribution in [1.29, 1.82) is 0 Å². The highest BCUT2D eigenvalue weighted by Crippen LogP contribution is 2.29. The van der Waals surface area contributed by atoms with E-state index in [4.69, 9.17) is 0 Å². The van der Waals surface area contributed by atoms with Crippen molar-refractivity contribution < 1.29 is 9.59 Å². The molecule has 1 saturated heterocycles. The number of hydrogen-bond acceptors (Lipinski definition) is 3. The van der Waals surface area contributed by atoms with Crippen molar-refractivity contribution in [2.45, 2.75) is 26.3 Å². The normalized spacial score (nSPS) is 14.3. The molecule has 3 aromatic rings. The molecule has 0 unspecified atom stereocenters. The zero-order valence-corrected chi connectivity index (χ0v) is 19.3. The number of para-hydroxylation sites is 1. The summed E-state index contributed by atoms with van der Waals surface area (Å²) in [5, 5.41) is 2.87. The summed E-state index contributed by atoms with van der Waals surface area (Å²) in [6.45, 7) is 6.45. The first-order valence-electron chi connectivity index (χ1n) is 11.6. The highest BCUT2D eigenvalue weighted by Gasteiger charge is 2.30. The van der Waals surface area contributed by atoms with Gasteiger partial charge in [-0.1, -0.05) is 85.8 Å². The third-order valence-corrected chi connectivity index (χ3v) is 6.37. The van der Waals surface area contributed by atoms with Gasteiger partial charge in [-0.3, -0.25) is 14.5 Å². The maximum Gasteiger partial charge on any atom is 0.313 e. The Hall–Kier alpha value is -3.44. The van der Waals surface area contributed by atoms with Crippen LogP contribution in [0.3, 0.4) is 0 Å². The SMILES string of the molecule is CCc1cccc(C)c1NC(=O)C(=O)N1CCN(C(c2ccccc2)c2ccccc2)CC1. The molecule has 33 heavy (non-hydrogen) atoms. The molecule has 5 heteroatoms. The standard InChI is InChI=1S/C28H31N3O2/c1-3-22-16-10-11-21(2)25(22)29-27(32)28(33)31-19-17-30(18-20-31)26(23-12-6-4-7-13-23)24-14-8-5-9-15-24/h4-16,26H,3,17-20H2,1-2H3,(H,29,32). The van der Waals surface area contributed by atoms with E-state index >= 15 is 0 Å². The Kier molecular flexibility index (Phi) is 7.20. The lowest BCUT2D eigenvalue weighted by Crippen LogP contribution is -2.52. The molecular weight excluding hydrogens is 410 g/mol. The minimum Gasteiger partial charge on any atom is -0.332 e. The molecule has 170 valence electrons. The highest BCUT2D eigenvalue weighted by atomic mass is 16.2. The van der Waals surface area contributed by atoms with Gasteiger partial charge in [0.15, 0.2) is 0 Å². The molecule has 1 heterocycles. The first kappa shape index (κ1) is 22.7. The molecule has 0 spiro atoms. The van der Waals surface area contributed by atoms with E-state index in [0.29, 0.717) is 26.2 Å². The Bertz CT molecular complexity index is 1050. The lowest BCUT2D eigenvalue weighted by molar-refractivity contribution is -0.144. The van der Waals surface area contributed by atoms with Gasteiger partial charge in [-0.2, -0.15) is 0 Å². The first-order chi connectivity index (χ1) is 16.1. The molecule has 0 radical (unpaired) electrons. The zero-order chi connectivity index (χ0) is 23.2. The third-order valence-electron chi connectivity index (χ3n) is 6.37. The molecule has 0 atom stereocenters. The number of amides is 2. The van der Waals surface area contributed by atoms with Gasteiger partial charge < -0.3 is 10.2 Å². The Morgan fingerprint density at radius 1 is 0.818 bits per heavy atom. The summed E-state index contributed by atoms with van der Waals surface area (Å²) >= 11 is 0.